The minimum absolute atomic E-state index is 0.886. The number of nitrogens with zero attached hydrogens (tertiary/aromatic N) is 1. The van der Waals surface area contributed by atoms with Crippen molar-refractivity contribution in [1.29, 1.82) is 0 Å². The largest absolute Gasteiger partial charge is 0.456 e. The Hall–Kier alpha value is -8.20. The van der Waals surface area contributed by atoms with Gasteiger partial charge >= 0.3 is 0 Å². The summed E-state index contributed by atoms with van der Waals surface area (Å²) in [4.78, 5) is 0. The predicted octanol–water partition coefficient (Wildman–Crippen LogP) is 16.8. The average Bonchev–Trinajstić information content (AvgIpc) is 3.87. The lowest BCUT2D eigenvalue weighted by molar-refractivity contribution is 0.669. The monoisotopic (exact) mass is 787 g/mol. The van der Waals surface area contributed by atoms with Crippen molar-refractivity contribution in [3.05, 3.63) is 224 Å². The molecule has 2 heterocycles. The lowest BCUT2D eigenvalue weighted by Crippen LogP contribution is -1.95. The van der Waals surface area contributed by atoms with Gasteiger partial charge in [-0.3, -0.25) is 0 Å². The molecule has 11 aromatic carbocycles. The Balaban J connectivity index is 1.09. The zero-order valence-corrected chi connectivity index (χ0v) is 33.7. The summed E-state index contributed by atoms with van der Waals surface area (Å²) in [6.45, 7) is 0. The van der Waals surface area contributed by atoms with Crippen molar-refractivity contribution in [1.82, 2.24) is 4.57 Å². The van der Waals surface area contributed by atoms with Crippen LogP contribution >= 0.6 is 0 Å². The maximum atomic E-state index is 6.64. The van der Waals surface area contributed by atoms with Crippen molar-refractivity contribution in [2.24, 2.45) is 0 Å². The highest BCUT2D eigenvalue weighted by atomic mass is 16.3. The van der Waals surface area contributed by atoms with Gasteiger partial charge < -0.3 is 8.98 Å². The van der Waals surface area contributed by atoms with Gasteiger partial charge in [-0.2, -0.15) is 0 Å². The van der Waals surface area contributed by atoms with Crippen molar-refractivity contribution in [2.75, 3.05) is 0 Å². The number of benzene rings is 11. The topological polar surface area (TPSA) is 18.1 Å². The quantitative estimate of drug-likeness (QED) is 0.159. The van der Waals surface area contributed by atoms with Crippen LogP contribution < -0.4 is 0 Å². The van der Waals surface area contributed by atoms with Crippen LogP contribution in [0.4, 0.5) is 0 Å². The molecule has 0 spiro atoms. The lowest BCUT2D eigenvalue weighted by atomic mass is 9.82. The highest BCUT2D eigenvalue weighted by Crippen LogP contribution is 2.50. The fourth-order valence-electron chi connectivity index (χ4n) is 10.2. The van der Waals surface area contributed by atoms with Gasteiger partial charge in [0.25, 0.3) is 0 Å². The molecule has 13 rings (SSSR count). The molecule has 0 saturated heterocycles. The second-order valence-corrected chi connectivity index (χ2v) is 16.4. The molecule has 0 bridgehead atoms. The zero-order chi connectivity index (χ0) is 40.7. The van der Waals surface area contributed by atoms with Gasteiger partial charge in [0.2, 0.25) is 0 Å². The molecule has 0 aliphatic heterocycles. The van der Waals surface area contributed by atoms with E-state index in [9.17, 15) is 0 Å². The molecule has 2 aromatic heterocycles. The molecular formula is C60H37NO. The first kappa shape index (κ1) is 34.6. The van der Waals surface area contributed by atoms with Gasteiger partial charge in [-0.05, 0) is 125 Å². The van der Waals surface area contributed by atoms with Crippen LogP contribution in [0, 0.1) is 0 Å². The summed E-state index contributed by atoms with van der Waals surface area (Å²) >= 11 is 0. The molecule has 62 heavy (non-hydrogen) atoms. The molecule has 0 amide bonds. The molecule has 13 aromatic rings. The Bertz CT molecular complexity index is 3870. The SMILES string of the molecule is c1ccc(-n2c3ccccc3c3ccc(-c4ccccc4-c4c5ccccc5c(-c5cc6oc7ccccc7c6cc5-c5ccc6ccccc6c5)c5ccccc45)cc32)cc1. The first-order valence-corrected chi connectivity index (χ1v) is 21.3. The molecule has 0 aliphatic carbocycles. The Morgan fingerprint density at radius 1 is 0.274 bits per heavy atom. The van der Waals surface area contributed by atoms with Gasteiger partial charge in [-0.15, -0.1) is 0 Å². The Morgan fingerprint density at radius 2 is 0.823 bits per heavy atom. The smallest absolute Gasteiger partial charge is 0.136 e. The number of fused-ring (bicyclic) bond motifs is 9. The van der Waals surface area contributed by atoms with Crippen molar-refractivity contribution in [3.63, 3.8) is 0 Å². The summed E-state index contributed by atoms with van der Waals surface area (Å²) in [7, 11) is 0. The van der Waals surface area contributed by atoms with Crippen molar-refractivity contribution >= 4 is 76.1 Å². The number of para-hydroxylation sites is 3. The summed E-state index contributed by atoms with van der Waals surface area (Å²) in [6, 6.07) is 81.9. The molecule has 0 aliphatic rings. The van der Waals surface area contributed by atoms with Gasteiger partial charge in [0.05, 0.1) is 11.0 Å². The van der Waals surface area contributed by atoms with Crippen LogP contribution in [-0.4, -0.2) is 4.57 Å². The first-order valence-electron chi connectivity index (χ1n) is 21.3. The fraction of sp³-hybridized carbons (Fsp3) is 0. The van der Waals surface area contributed by atoms with Crippen LogP contribution in [0.25, 0.3) is 126 Å². The van der Waals surface area contributed by atoms with Crippen LogP contribution in [0.15, 0.2) is 229 Å². The minimum Gasteiger partial charge on any atom is -0.456 e. The molecular weight excluding hydrogens is 751 g/mol. The van der Waals surface area contributed by atoms with Gasteiger partial charge in [-0.25, -0.2) is 0 Å². The molecule has 0 radical (unpaired) electrons. The molecule has 0 N–H and O–H groups in total. The van der Waals surface area contributed by atoms with E-state index in [0.717, 1.165) is 33.2 Å². The minimum atomic E-state index is 0.886. The van der Waals surface area contributed by atoms with Crippen LogP contribution in [0.2, 0.25) is 0 Å². The van der Waals surface area contributed by atoms with Crippen LogP contribution in [-0.2, 0) is 0 Å². The molecule has 0 atom stereocenters. The Labute approximate surface area is 358 Å². The Kier molecular flexibility index (Phi) is 7.64. The molecule has 0 unspecified atom stereocenters. The third-order valence-corrected chi connectivity index (χ3v) is 13.0. The van der Waals surface area contributed by atoms with E-state index in [0.29, 0.717) is 0 Å². The van der Waals surface area contributed by atoms with Crippen molar-refractivity contribution in [3.8, 4) is 50.2 Å². The molecule has 0 fully saturated rings. The molecule has 288 valence electrons. The van der Waals surface area contributed by atoms with E-state index in [2.05, 4.69) is 229 Å². The summed E-state index contributed by atoms with van der Waals surface area (Å²) in [5.41, 5.74) is 14.9. The maximum absolute atomic E-state index is 6.64. The number of furan rings is 1. The molecule has 2 heteroatoms. The number of rotatable bonds is 5. The van der Waals surface area contributed by atoms with E-state index in [4.69, 9.17) is 4.42 Å². The second kappa shape index (κ2) is 13.7. The van der Waals surface area contributed by atoms with E-state index >= 15 is 0 Å². The summed E-state index contributed by atoms with van der Waals surface area (Å²) < 4.78 is 9.05. The standard InChI is InChI=1S/C60H37NO/c1-2-18-42(19-3-1)61-55-28-14-12-21-44(55)45-33-32-41(35-56(45)61)43-20-6-7-23-47(43)59-48-24-8-10-26-50(48)60(51-27-11-9-25-49(51)59)54-37-58-53(46-22-13-15-29-57(46)62-58)36-52(54)40-31-30-38-16-4-5-17-39(38)34-40/h1-37H. The number of aromatic nitrogens is 1. The van der Waals surface area contributed by atoms with E-state index in [1.54, 1.807) is 0 Å². The average molecular weight is 788 g/mol. The number of hydrogen-bond donors (Lipinski definition) is 0. The lowest BCUT2D eigenvalue weighted by Gasteiger charge is -2.21. The van der Waals surface area contributed by atoms with Gasteiger partial charge in [0.15, 0.2) is 0 Å². The zero-order valence-electron chi connectivity index (χ0n) is 33.7. The van der Waals surface area contributed by atoms with E-state index < -0.39 is 0 Å². The van der Waals surface area contributed by atoms with E-state index in [-0.39, 0.29) is 0 Å². The van der Waals surface area contributed by atoms with Gasteiger partial charge in [0, 0.05) is 27.2 Å². The van der Waals surface area contributed by atoms with Crippen LogP contribution in [0.3, 0.4) is 0 Å². The Morgan fingerprint density at radius 3 is 1.58 bits per heavy atom. The summed E-state index contributed by atoms with van der Waals surface area (Å²) in [5, 5.41) is 12.0. The highest BCUT2D eigenvalue weighted by molar-refractivity contribution is 6.24. The van der Waals surface area contributed by atoms with Crippen molar-refractivity contribution in [2.45, 2.75) is 0 Å². The van der Waals surface area contributed by atoms with Crippen LogP contribution in [0.5, 0.6) is 0 Å². The van der Waals surface area contributed by atoms with Crippen LogP contribution in [0.1, 0.15) is 0 Å². The van der Waals surface area contributed by atoms with Gasteiger partial charge in [-0.1, -0.05) is 176 Å². The first-order chi connectivity index (χ1) is 30.8. The normalized spacial score (nSPS) is 11.9. The summed E-state index contributed by atoms with van der Waals surface area (Å²) in [5.74, 6) is 0. The van der Waals surface area contributed by atoms with E-state index in [1.807, 2.05) is 0 Å². The van der Waals surface area contributed by atoms with Gasteiger partial charge in [0.1, 0.15) is 11.2 Å². The summed E-state index contributed by atoms with van der Waals surface area (Å²) in [6.07, 6.45) is 0. The maximum Gasteiger partial charge on any atom is 0.136 e. The predicted molar refractivity (Wildman–Crippen MR) is 262 cm³/mol. The molecule has 2 nitrogen and oxygen atoms in total. The van der Waals surface area contributed by atoms with Crippen molar-refractivity contribution < 1.29 is 4.42 Å². The molecule has 0 saturated carbocycles. The third-order valence-electron chi connectivity index (χ3n) is 13.0. The van der Waals surface area contributed by atoms with E-state index in [1.165, 1.54) is 93.1 Å². The second-order valence-electron chi connectivity index (χ2n) is 16.4. The highest BCUT2D eigenvalue weighted by Gasteiger charge is 2.23. The fourth-order valence-corrected chi connectivity index (χ4v) is 10.2. The third kappa shape index (κ3) is 5.23. The number of hydrogen-bond acceptors (Lipinski definition) is 1.